The number of amides is 3. The number of ether oxygens (including phenoxy) is 1. The molecule has 5 N–H and O–H groups in total. The van der Waals surface area contributed by atoms with Gasteiger partial charge in [0.25, 0.3) is 5.91 Å². The van der Waals surface area contributed by atoms with Crippen molar-refractivity contribution < 1.29 is 19.1 Å². The quantitative estimate of drug-likeness (QED) is 0.149. The smallest absolute Gasteiger partial charge is 0.412 e. The molecule has 3 aromatic rings. The highest BCUT2D eigenvalue weighted by Crippen LogP contribution is 2.65. The van der Waals surface area contributed by atoms with Crippen molar-refractivity contribution in [2.75, 3.05) is 16.0 Å². The Morgan fingerprint density at radius 1 is 0.905 bits per heavy atom. The van der Waals surface area contributed by atoms with Crippen LogP contribution in [0.2, 0.25) is 15.1 Å². The van der Waals surface area contributed by atoms with Gasteiger partial charge in [0, 0.05) is 35.1 Å². The number of benzene rings is 3. The first-order chi connectivity index (χ1) is 19.6. The third-order valence-corrected chi connectivity index (χ3v) is 8.45. The summed E-state index contributed by atoms with van der Waals surface area (Å²) in [6.07, 6.45) is -0.611. The van der Waals surface area contributed by atoms with E-state index in [-0.39, 0.29) is 27.2 Å². The van der Waals surface area contributed by atoms with Crippen LogP contribution in [-0.2, 0) is 16.1 Å². The number of carbonyl (C=O) groups is 3. The van der Waals surface area contributed by atoms with E-state index in [1.165, 1.54) is 6.07 Å². The molecule has 4 rings (SSSR count). The maximum atomic E-state index is 13.1. The van der Waals surface area contributed by atoms with Crippen molar-refractivity contribution in [3.63, 3.8) is 0 Å². The van der Waals surface area contributed by atoms with Gasteiger partial charge in [0.05, 0.1) is 21.0 Å². The Labute approximate surface area is 268 Å². The maximum Gasteiger partial charge on any atom is 0.412 e. The fourth-order valence-corrected chi connectivity index (χ4v) is 5.80. The second-order valence-corrected chi connectivity index (χ2v) is 13.3. The van der Waals surface area contributed by atoms with Crippen LogP contribution in [0, 0.1) is 5.92 Å². The molecule has 3 amide bonds. The van der Waals surface area contributed by atoms with Crippen molar-refractivity contribution >= 4 is 93.0 Å². The van der Waals surface area contributed by atoms with E-state index in [1.54, 1.807) is 69.3 Å². The summed E-state index contributed by atoms with van der Waals surface area (Å²) < 4.78 is 3.88. The molecule has 222 valence electrons. The molecule has 0 aliphatic heterocycles. The fourth-order valence-electron chi connectivity index (χ4n) is 4.36. The average molecular weight is 673 g/mol. The summed E-state index contributed by atoms with van der Waals surface area (Å²) in [5, 5.41) is 8.87. The summed E-state index contributed by atoms with van der Waals surface area (Å²) >= 11 is 31.2. The number of nitrogens with one attached hydrogen (secondary N) is 3. The van der Waals surface area contributed by atoms with Gasteiger partial charge in [-0.25, -0.2) is 4.79 Å². The predicted octanol–water partition coefficient (Wildman–Crippen LogP) is 8.23. The lowest BCUT2D eigenvalue weighted by Crippen LogP contribution is -2.27. The van der Waals surface area contributed by atoms with E-state index in [0.717, 1.165) is 0 Å². The van der Waals surface area contributed by atoms with Crippen LogP contribution < -0.4 is 21.7 Å². The largest absolute Gasteiger partial charge is 0.444 e. The van der Waals surface area contributed by atoms with Crippen LogP contribution in [0.5, 0.6) is 0 Å². The molecule has 0 heterocycles. The number of alkyl halides is 2. The van der Waals surface area contributed by atoms with Crippen molar-refractivity contribution in [3.05, 3.63) is 86.4 Å². The van der Waals surface area contributed by atoms with Gasteiger partial charge in [-0.3, -0.25) is 14.9 Å². The van der Waals surface area contributed by atoms with Crippen LogP contribution in [-0.4, -0.2) is 27.8 Å². The molecule has 3 aromatic carbocycles. The summed E-state index contributed by atoms with van der Waals surface area (Å²) in [5.74, 6) is -2.25. The highest BCUT2D eigenvalue weighted by Gasteiger charge is 2.67. The number of hydrogen-bond donors (Lipinski definition) is 4. The van der Waals surface area contributed by atoms with Gasteiger partial charge >= 0.3 is 6.09 Å². The normalized spacial score (nSPS) is 17.3. The Bertz CT molecular complexity index is 1530. The Morgan fingerprint density at radius 3 is 2.17 bits per heavy atom. The minimum Gasteiger partial charge on any atom is -0.444 e. The SMILES string of the molecule is CC(C)(C)OC(=O)Nc1ccc(NC(=O)c2cccc(NC(=O)C3C(c4cc(Cl)c(Cl)c(Cl)c4)C3(Cl)Cl)c2)c(CN)c1. The van der Waals surface area contributed by atoms with Crippen LogP contribution in [0.3, 0.4) is 0 Å². The Balaban J connectivity index is 1.44. The second kappa shape index (κ2) is 12.5. The van der Waals surface area contributed by atoms with Gasteiger partial charge in [0.15, 0.2) is 0 Å². The van der Waals surface area contributed by atoms with Crippen molar-refractivity contribution in [1.29, 1.82) is 0 Å². The molecule has 1 saturated carbocycles. The second-order valence-electron chi connectivity index (χ2n) is 10.7. The third-order valence-electron chi connectivity index (χ3n) is 6.31. The zero-order valence-corrected chi connectivity index (χ0v) is 26.4. The lowest BCUT2D eigenvalue weighted by molar-refractivity contribution is -0.117. The third kappa shape index (κ3) is 7.43. The first kappa shape index (κ1) is 32.2. The lowest BCUT2D eigenvalue weighted by atomic mass is 10.1. The minimum absolute atomic E-state index is 0.0980. The molecular formula is C29H27Cl5N4O4. The van der Waals surface area contributed by atoms with Gasteiger partial charge in [-0.15, -0.1) is 23.2 Å². The number of halogens is 5. The number of carbonyl (C=O) groups excluding carboxylic acids is 3. The highest BCUT2D eigenvalue weighted by atomic mass is 35.5. The van der Waals surface area contributed by atoms with Gasteiger partial charge in [0.1, 0.15) is 9.93 Å². The molecule has 8 nitrogen and oxygen atoms in total. The molecule has 42 heavy (non-hydrogen) atoms. The van der Waals surface area contributed by atoms with Crippen molar-refractivity contribution in [3.8, 4) is 0 Å². The summed E-state index contributed by atoms with van der Waals surface area (Å²) in [4.78, 5) is 38.3. The summed E-state index contributed by atoms with van der Waals surface area (Å²) in [7, 11) is 0. The molecule has 0 radical (unpaired) electrons. The highest BCUT2D eigenvalue weighted by molar-refractivity contribution is 6.54. The van der Waals surface area contributed by atoms with E-state index in [9.17, 15) is 14.4 Å². The van der Waals surface area contributed by atoms with E-state index in [2.05, 4.69) is 16.0 Å². The molecule has 1 fully saturated rings. The molecular weight excluding hydrogens is 646 g/mol. The van der Waals surface area contributed by atoms with Crippen molar-refractivity contribution in [2.24, 2.45) is 11.7 Å². The standard InChI is InChI=1S/C29H27Cl5N4O4/c1-28(2,3)42-27(41)37-18-7-8-21(16(10-18)13-35)38-25(39)14-5-4-6-17(9-14)36-26(40)23-22(29(23,33)34)15-11-19(30)24(32)20(31)12-15/h4-12,22-23H,13,35H2,1-3H3,(H,36,40)(H,37,41)(H,38,39). The number of anilines is 3. The van der Waals surface area contributed by atoms with E-state index in [4.69, 9.17) is 68.5 Å². The Kier molecular flexibility index (Phi) is 9.57. The van der Waals surface area contributed by atoms with E-state index >= 15 is 0 Å². The Hall–Kier alpha value is -2.72. The van der Waals surface area contributed by atoms with Crippen LogP contribution >= 0.6 is 58.0 Å². The monoisotopic (exact) mass is 670 g/mol. The van der Waals surface area contributed by atoms with Gasteiger partial charge < -0.3 is 21.1 Å². The fraction of sp³-hybridized carbons (Fsp3) is 0.276. The topological polar surface area (TPSA) is 123 Å². The summed E-state index contributed by atoms with van der Waals surface area (Å²) in [6, 6.07) is 14.4. The summed E-state index contributed by atoms with van der Waals surface area (Å²) in [5.41, 5.74) is 7.97. The number of nitrogens with two attached hydrogens (primary N) is 1. The van der Waals surface area contributed by atoms with Gasteiger partial charge in [-0.2, -0.15) is 0 Å². The molecule has 2 atom stereocenters. The summed E-state index contributed by atoms with van der Waals surface area (Å²) in [6.45, 7) is 5.38. The average Bonchev–Trinajstić information content (AvgIpc) is 3.48. The van der Waals surface area contributed by atoms with Crippen LogP contribution in [0.15, 0.2) is 54.6 Å². The molecule has 1 aliphatic carbocycles. The molecule has 0 aromatic heterocycles. The number of rotatable bonds is 7. The van der Waals surface area contributed by atoms with E-state index in [1.807, 2.05) is 0 Å². The van der Waals surface area contributed by atoms with Gasteiger partial charge in [0.2, 0.25) is 5.91 Å². The molecule has 0 saturated heterocycles. The van der Waals surface area contributed by atoms with E-state index in [0.29, 0.717) is 28.2 Å². The number of hydrogen-bond acceptors (Lipinski definition) is 5. The van der Waals surface area contributed by atoms with Crippen LogP contribution in [0.1, 0.15) is 48.2 Å². The molecule has 1 aliphatic rings. The van der Waals surface area contributed by atoms with E-state index < -0.39 is 39.7 Å². The molecule has 2 unspecified atom stereocenters. The first-order valence-electron chi connectivity index (χ1n) is 12.7. The zero-order chi connectivity index (χ0) is 31.0. The Morgan fingerprint density at radius 2 is 1.55 bits per heavy atom. The van der Waals surface area contributed by atoms with Crippen LogP contribution in [0.25, 0.3) is 0 Å². The maximum absolute atomic E-state index is 13.1. The molecule has 0 bridgehead atoms. The molecule has 13 heteroatoms. The van der Waals surface area contributed by atoms with Gasteiger partial charge in [-0.1, -0.05) is 40.9 Å². The van der Waals surface area contributed by atoms with Crippen LogP contribution in [0.4, 0.5) is 21.9 Å². The predicted molar refractivity (Wildman–Crippen MR) is 169 cm³/mol. The van der Waals surface area contributed by atoms with Gasteiger partial charge in [-0.05, 0) is 80.4 Å². The molecule has 0 spiro atoms. The first-order valence-corrected chi connectivity index (χ1v) is 14.6. The minimum atomic E-state index is -1.39. The zero-order valence-electron chi connectivity index (χ0n) is 22.7. The lowest BCUT2D eigenvalue weighted by Gasteiger charge is -2.20. The van der Waals surface area contributed by atoms with Crippen molar-refractivity contribution in [2.45, 2.75) is 43.2 Å². The van der Waals surface area contributed by atoms with Crippen molar-refractivity contribution in [1.82, 2.24) is 0 Å².